The SMILES string of the molecule is COCCC(C)C(O)C1(c2ccccc2)CC1. The van der Waals surface area contributed by atoms with Crippen LogP contribution in [-0.4, -0.2) is 24.9 Å². The molecule has 17 heavy (non-hydrogen) atoms. The highest BCUT2D eigenvalue weighted by Crippen LogP contribution is 2.52. The van der Waals surface area contributed by atoms with Crippen LogP contribution in [0.3, 0.4) is 0 Å². The van der Waals surface area contributed by atoms with Crippen LogP contribution in [0.1, 0.15) is 31.7 Å². The molecule has 2 atom stereocenters. The molecule has 1 aliphatic carbocycles. The van der Waals surface area contributed by atoms with Gasteiger partial charge in [0.2, 0.25) is 0 Å². The minimum absolute atomic E-state index is 0.0222. The van der Waals surface area contributed by atoms with Crippen LogP contribution < -0.4 is 0 Å². The number of methoxy groups -OCH3 is 1. The molecule has 0 radical (unpaired) electrons. The molecule has 1 aromatic carbocycles. The Morgan fingerprint density at radius 1 is 1.29 bits per heavy atom. The second-order valence-electron chi connectivity index (χ2n) is 5.23. The molecule has 0 aromatic heterocycles. The first-order valence-electron chi connectivity index (χ1n) is 6.43. The molecule has 1 saturated carbocycles. The molecule has 0 saturated heterocycles. The van der Waals surface area contributed by atoms with Gasteiger partial charge < -0.3 is 9.84 Å². The van der Waals surface area contributed by atoms with E-state index >= 15 is 0 Å². The third-order valence-corrected chi connectivity index (χ3v) is 4.02. The van der Waals surface area contributed by atoms with E-state index in [9.17, 15) is 5.11 Å². The van der Waals surface area contributed by atoms with Gasteiger partial charge in [-0.25, -0.2) is 0 Å². The van der Waals surface area contributed by atoms with Crippen LogP contribution in [0.5, 0.6) is 0 Å². The molecule has 2 heteroatoms. The van der Waals surface area contributed by atoms with Gasteiger partial charge in [0.25, 0.3) is 0 Å². The highest BCUT2D eigenvalue weighted by Gasteiger charge is 2.51. The summed E-state index contributed by atoms with van der Waals surface area (Å²) in [5, 5.41) is 10.5. The standard InChI is InChI=1S/C15H22O2/c1-12(8-11-17-2)14(16)15(9-10-15)13-6-4-3-5-7-13/h3-7,12,14,16H,8-11H2,1-2H3. The van der Waals surface area contributed by atoms with E-state index in [1.807, 2.05) is 6.07 Å². The molecule has 1 aliphatic rings. The normalized spacial score (nSPS) is 20.9. The van der Waals surface area contributed by atoms with Crippen LogP contribution in [-0.2, 0) is 10.2 Å². The molecule has 0 spiro atoms. The molecule has 1 fully saturated rings. The summed E-state index contributed by atoms with van der Waals surface area (Å²) in [6, 6.07) is 10.4. The highest BCUT2D eigenvalue weighted by molar-refractivity contribution is 5.33. The van der Waals surface area contributed by atoms with E-state index in [0.29, 0.717) is 0 Å². The molecule has 1 N–H and O–H groups in total. The van der Waals surface area contributed by atoms with E-state index in [0.717, 1.165) is 25.9 Å². The smallest absolute Gasteiger partial charge is 0.0663 e. The van der Waals surface area contributed by atoms with Crippen molar-refractivity contribution in [3.8, 4) is 0 Å². The van der Waals surface area contributed by atoms with Crippen molar-refractivity contribution in [2.45, 2.75) is 37.7 Å². The van der Waals surface area contributed by atoms with Gasteiger partial charge in [-0.2, -0.15) is 0 Å². The fourth-order valence-corrected chi connectivity index (χ4v) is 2.67. The molecule has 2 unspecified atom stereocenters. The second-order valence-corrected chi connectivity index (χ2v) is 5.23. The summed E-state index contributed by atoms with van der Waals surface area (Å²) in [4.78, 5) is 0. The number of benzene rings is 1. The van der Waals surface area contributed by atoms with Gasteiger partial charge in [0.05, 0.1) is 6.10 Å². The van der Waals surface area contributed by atoms with Gasteiger partial charge in [-0.15, -0.1) is 0 Å². The van der Waals surface area contributed by atoms with Gasteiger partial charge in [0.1, 0.15) is 0 Å². The Bertz CT molecular complexity index is 343. The predicted octanol–water partition coefficient (Wildman–Crippen LogP) is 2.75. The number of aliphatic hydroxyl groups excluding tert-OH is 1. The summed E-state index contributed by atoms with van der Waals surface area (Å²) in [5.41, 5.74) is 1.31. The number of rotatable bonds is 6. The zero-order valence-corrected chi connectivity index (χ0v) is 10.7. The van der Waals surface area contributed by atoms with E-state index in [1.165, 1.54) is 5.56 Å². The number of hydrogen-bond acceptors (Lipinski definition) is 2. The van der Waals surface area contributed by atoms with E-state index in [-0.39, 0.29) is 17.4 Å². The number of hydrogen-bond donors (Lipinski definition) is 1. The van der Waals surface area contributed by atoms with Crippen LogP contribution in [0.15, 0.2) is 30.3 Å². The lowest BCUT2D eigenvalue weighted by molar-refractivity contribution is 0.0581. The maximum Gasteiger partial charge on any atom is 0.0663 e. The molecule has 2 rings (SSSR count). The van der Waals surface area contributed by atoms with Crippen molar-refractivity contribution >= 4 is 0 Å². The van der Waals surface area contributed by atoms with Crippen molar-refractivity contribution in [2.24, 2.45) is 5.92 Å². The lowest BCUT2D eigenvalue weighted by atomic mass is 9.82. The summed E-state index contributed by atoms with van der Waals surface area (Å²) >= 11 is 0. The maximum atomic E-state index is 10.5. The molecule has 2 nitrogen and oxygen atoms in total. The quantitative estimate of drug-likeness (QED) is 0.820. The Hall–Kier alpha value is -0.860. The number of ether oxygens (including phenoxy) is 1. The summed E-state index contributed by atoms with van der Waals surface area (Å²) in [5.74, 6) is 0.289. The van der Waals surface area contributed by atoms with Crippen molar-refractivity contribution in [1.29, 1.82) is 0 Å². The molecular weight excluding hydrogens is 212 g/mol. The first-order valence-corrected chi connectivity index (χ1v) is 6.43. The van der Waals surface area contributed by atoms with Crippen molar-refractivity contribution in [3.05, 3.63) is 35.9 Å². The van der Waals surface area contributed by atoms with Crippen molar-refractivity contribution < 1.29 is 9.84 Å². The summed E-state index contributed by atoms with van der Waals surface area (Å²) in [7, 11) is 1.71. The monoisotopic (exact) mass is 234 g/mol. The maximum absolute atomic E-state index is 10.5. The van der Waals surface area contributed by atoms with Crippen LogP contribution >= 0.6 is 0 Å². The van der Waals surface area contributed by atoms with Crippen LogP contribution in [0.2, 0.25) is 0 Å². The fraction of sp³-hybridized carbons (Fsp3) is 0.600. The Kier molecular flexibility index (Phi) is 3.85. The fourth-order valence-electron chi connectivity index (χ4n) is 2.67. The average Bonchev–Trinajstić information content (AvgIpc) is 3.17. The van der Waals surface area contributed by atoms with E-state index < -0.39 is 0 Å². The van der Waals surface area contributed by atoms with Crippen LogP contribution in [0, 0.1) is 5.92 Å². The van der Waals surface area contributed by atoms with Gasteiger partial charge in [0, 0.05) is 19.1 Å². The summed E-state index contributed by atoms with van der Waals surface area (Å²) in [6.07, 6.45) is 2.89. The van der Waals surface area contributed by atoms with Gasteiger partial charge in [0.15, 0.2) is 0 Å². The average molecular weight is 234 g/mol. The third kappa shape index (κ3) is 2.53. The zero-order valence-electron chi connectivity index (χ0n) is 10.7. The van der Waals surface area contributed by atoms with Crippen LogP contribution in [0.25, 0.3) is 0 Å². The van der Waals surface area contributed by atoms with Crippen LogP contribution in [0.4, 0.5) is 0 Å². The van der Waals surface area contributed by atoms with Gasteiger partial charge in [-0.3, -0.25) is 0 Å². The van der Waals surface area contributed by atoms with Crippen molar-refractivity contribution in [2.75, 3.05) is 13.7 Å². The molecule has 1 aromatic rings. The van der Waals surface area contributed by atoms with E-state index in [2.05, 4.69) is 31.2 Å². The minimum atomic E-state index is -0.250. The minimum Gasteiger partial charge on any atom is -0.392 e. The predicted molar refractivity (Wildman–Crippen MR) is 69.0 cm³/mol. The summed E-state index contributed by atoms with van der Waals surface area (Å²) in [6.45, 7) is 2.84. The first-order chi connectivity index (χ1) is 8.20. The third-order valence-electron chi connectivity index (χ3n) is 4.02. The Morgan fingerprint density at radius 3 is 2.47 bits per heavy atom. The molecule has 94 valence electrons. The Morgan fingerprint density at radius 2 is 1.94 bits per heavy atom. The Labute approximate surface area is 104 Å². The van der Waals surface area contributed by atoms with Gasteiger partial charge in [-0.05, 0) is 30.7 Å². The highest BCUT2D eigenvalue weighted by atomic mass is 16.5. The largest absolute Gasteiger partial charge is 0.392 e. The van der Waals surface area contributed by atoms with Gasteiger partial charge in [-0.1, -0.05) is 37.3 Å². The lowest BCUT2D eigenvalue weighted by Crippen LogP contribution is -2.32. The summed E-state index contributed by atoms with van der Waals surface area (Å²) < 4.78 is 5.09. The van der Waals surface area contributed by atoms with E-state index in [1.54, 1.807) is 7.11 Å². The molecule has 0 heterocycles. The molecule has 0 amide bonds. The zero-order chi connectivity index (χ0) is 12.3. The van der Waals surface area contributed by atoms with Gasteiger partial charge >= 0.3 is 0 Å². The first kappa shape index (κ1) is 12.6. The lowest BCUT2D eigenvalue weighted by Gasteiger charge is -2.28. The second kappa shape index (κ2) is 5.19. The van der Waals surface area contributed by atoms with E-state index in [4.69, 9.17) is 4.74 Å². The molecular formula is C15H22O2. The molecule has 0 aliphatic heterocycles. The Balaban J connectivity index is 2.06. The van der Waals surface area contributed by atoms with Crippen molar-refractivity contribution in [3.63, 3.8) is 0 Å². The molecule has 0 bridgehead atoms. The topological polar surface area (TPSA) is 29.5 Å². The van der Waals surface area contributed by atoms with Crippen molar-refractivity contribution in [1.82, 2.24) is 0 Å². The number of aliphatic hydroxyl groups is 1.